The minimum absolute atomic E-state index is 0.0869. The number of ketones is 1. The predicted octanol–water partition coefficient (Wildman–Crippen LogP) is 6.81. The molecule has 6 rings (SSSR count). The van der Waals surface area contributed by atoms with E-state index in [0.717, 1.165) is 46.4 Å². The zero-order valence-electron chi connectivity index (χ0n) is 23.8. The van der Waals surface area contributed by atoms with E-state index in [2.05, 4.69) is 25.5 Å². The standard InChI is InChI=1S/C34H29ClF2N6O/c35-27-6-11-31-32(12-14-39-33(31)18-27)38-13-1-15-43-22-30(40-41-43)21-42-19-25(16-23-2-7-28(36)8-3-23)34(44)26(20-42)17-24-4-9-29(37)10-5-24/h2-12,14,16-18,22H,1,13,15,19-21H2,(H,38,39)/b25-16+,26-17+. The third-order valence-corrected chi connectivity index (χ3v) is 7.58. The normalized spacial score (nSPS) is 15.8. The van der Waals surface area contributed by atoms with Crippen LogP contribution in [0.4, 0.5) is 14.5 Å². The zero-order chi connectivity index (χ0) is 30.5. The number of hydrogen-bond acceptors (Lipinski definition) is 6. The molecular weight excluding hydrogens is 582 g/mol. The molecule has 0 bridgehead atoms. The molecule has 3 heterocycles. The van der Waals surface area contributed by atoms with Crippen LogP contribution in [0.3, 0.4) is 0 Å². The number of nitrogens with one attached hydrogen (secondary N) is 1. The number of benzene rings is 3. The Morgan fingerprint density at radius 3 is 2.20 bits per heavy atom. The summed E-state index contributed by atoms with van der Waals surface area (Å²) >= 11 is 6.10. The van der Waals surface area contributed by atoms with Gasteiger partial charge in [0.05, 0.1) is 11.2 Å². The van der Waals surface area contributed by atoms with Gasteiger partial charge in [-0.1, -0.05) is 41.1 Å². The number of likely N-dealkylation sites (tertiary alicyclic amines) is 1. The Bertz CT molecular complexity index is 1780. The van der Waals surface area contributed by atoms with Crippen molar-refractivity contribution in [1.82, 2.24) is 24.9 Å². The van der Waals surface area contributed by atoms with Crippen molar-refractivity contribution in [3.05, 3.63) is 130 Å². The van der Waals surface area contributed by atoms with Gasteiger partial charge in [0.2, 0.25) is 0 Å². The number of piperidine rings is 1. The maximum atomic E-state index is 13.5. The van der Waals surface area contributed by atoms with Crippen LogP contribution in [-0.2, 0) is 17.9 Å². The summed E-state index contributed by atoms with van der Waals surface area (Å²) in [6.07, 6.45) is 8.09. The quantitative estimate of drug-likeness (QED) is 0.146. The summed E-state index contributed by atoms with van der Waals surface area (Å²) in [6, 6.07) is 19.7. The van der Waals surface area contributed by atoms with Crippen LogP contribution in [0.2, 0.25) is 5.02 Å². The molecule has 1 fully saturated rings. The van der Waals surface area contributed by atoms with Gasteiger partial charge in [0, 0.05) is 72.4 Å². The van der Waals surface area contributed by atoms with E-state index in [1.165, 1.54) is 24.3 Å². The summed E-state index contributed by atoms with van der Waals surface area (Å²) in [5, 5.41) is 13.8. The van der Waals surface area contributed by atoms with Crippen molar-refractivity contribution >= 4 is 46.1 Å². The zero-order valence-corrected chi connectivity index (χ0v) is 24.5. The Morgan fingerprint density at radius 2 is 1.55 bits per heavy atom. The van der Waals surface area contributed by atoms with Gasteiger partial charge in [0.25, 0.3) is 0 Å². The van der Waals surface area contributed by atoms with Crippen LogP contribution in [0, 0.1) is 11.6 Å². The summed E-state index contributed by atoms with van der Waals surface area (Å²) in [5.41, 5.74) is 5.27. The number of rotatable bonds is 9. The highest BCUT2D eigenvalue weighted by Crippen LogP contribution is 2.25. The predicted molar refractivity (Wildman–Crippen MR) is 169 cm³/mol. The molecule has 2 aromatic heterocycles. The van der Waals surface area contributed by atoms with E-state index in [4.69, 9.17) is 11.6 Å². The summed E-state index contributed by atoms with van der Waals surface area (Å²) in [6.45, 7) is 2.70. The molecule has 0 radical (unpaired) electrons. The second-order valence-corrected chi connectivity index (χ2v) is 11.1. The maximum absolute atomic E-state index is 13.5. The molecule has 0 amide bonds. The summed E-state index contributed by atoms with van der Waals surface area (Å²) in [4.78, 5) is 19.9. The van der Waals surface area contributed by atoms with E-state index in [1.54, 1.807) is 42.6 Å². The van der Waals surface area contributed by atoms with Gasteiger partial charge < -0.3 is 5.32 Å². The molecule has 5 aromatic rings. The van der Waals surface area contributed by atoms with Crippen LogP contribution >= 0.6 is 11.6 Å². The van der Waals surface area contributed by atoms with Crippen LogP contribution in [0.5, 0.6) is 0 Å². The number of halogens is 3. The summed E-state index contributed by atoms with van der Waals surface area (Å²) < 4.78 is 28.8. The number of carbonyl (C=O) groups is 1. The van der Waals surface area contributed by atoms with Crippen LogP contribution in [0.15, 0.2) is 96.3 Å². The molecule has 0 spiro atoms. The number of aromatic nitrogens is 4. The molecule has 0 aliphatic carbocycles. The van der Waals surface area contributed by atoms with E-state index < -0.39 is 0 Å². The molecular formula is C34H29ClF2N6O. The molecule has 1 aliphatic rings. The highest BCUT2D eigenvalue weighted by molar-refractivity contribution is 6.31. The van der Waals surface area contributed by atoms with Gasteiger partial charge in [-0.2, -0.15) is 0 Å². The van der Waals surface area contributed by atoms with Gasteiger partial charge in [-0.25, -0.2) is 8.78 Å². The molecule has 0 atom stereocenters. The van der Waals surface area contributed by atoms with Gasteiger partial charge >= 0.3 is 0 Å². The lowest BCUT2D eigenvalue weighted by Gasteiger charge is -2.29. The van der Waals surface area contributed by atoms with Crippen LogP contribution < -0.4 is 5.32 Å². The van der Waals surface area contributed by atoms with Crippen LogP contribution in [-0.4, -0.2) is 50.3 Å². The van der Waals surface area contributed by atoms with Crippen molar-refractivity contribution in [2.45, 2.75) is 19.5 Å². The fourth-order valence-corrected chi connectivity index (χ4v) is 5.40. The van der Waals surface area contributed by atoms with Crippen molar-refractivity contribution in [1.29, 1.82) is 0 Å². The number of anilines is 1. The van der Waals surface area contributed by atoms with Crippen molar-refractivity contribution in [3.63, 3.8) is 0 Å². The van der Waals surface area contributed by atoms with E-state index >= 15 is 0 Å². The number of nitrogens with zero attached hydrogens (tertiary/aromatic N) is 5. The van der Waals surface area contributed by atoms with Gasteiger partial charge in [-0.15, -0.1) is 5.10 Å². The lowest BCUT2D eigenvalue weighted by atomic mass is 9.94. The van der Waals surface area contributed by atoms with Crippen molar-refractivity contribution in [2.24, 2.45) is 0 Å². The molecule has 3 aromatic carbocycles. The minimum Gasteiger partial charge on any atom is -0.384 e. The van der Waals surface area contributed by atoms with E-state index in [-0.39, 0.29) is 17.4 Å². The van der Waals surface area contributed by atoms with Crippen molar-refractivity contribution in [3.8, 4) is 0 Å². The molecule has 44 heavy (non-hydrogen) atoms. The highest BCUT2D eigenvalue weighted by Gasteiger charge is 2.27. The first-order chi connectivity index (χ1) is 21.4. The highest BCUT2D eigenvalue weighted by atomic mass is 35.5. The first-order valence-electron chi connectivity index (χ1n) is 14.3. The van der Waals surface area contributed by atoms with Gasteiger partial charge in [0.15, 0.2) is 5.78 Å². The molecule has 1 saturated heterocycles. The molecule has 1 aliphatic heterocycles. The summed E-state index contributed by atoms with van der Waals surface area (Å²) in [7, 11) is 0. The van der Waals surface area contributed by atoms with Crippen LogP contribution in [0.1, 0.15) is 23.2 Å². The number of fused-ring (bicyclic) bond motifs is 1. The van der Waals surface area contributed by atoms with Crippen molar-refractivity contribution in [2.75, 3.05) is 25.0 Å². The monoisotopic (exact) mass is 610 g/mol. The molecule has 1 N–H and O–H groups in total. The second kappa shape index (κ2) is 13.3. The number of pyridine rings is 1. The topological polar surface area (TPSA) is 75.9 Å². The minimum atomic E-state index is -0.337. The lowest BCUT2D eigenvalue weighted by Crippen LogP contribution is -2.37. The van der Waals surface area contributed by atoms with Gasteiger partial charge in [-0.05, 0) is 78.2 Å². The largest absolute Gasteiger partial charge is 0.384 e. The third kappa shape index (κ3) is 7.24. The number of Topliss-reactive ketones (excluding diaryl/α,β-unsaturated/α-hetero) is 1. The molecule has 0 unspecified atom stereocenters. The molecule has 7 nitrogen and oxygen atoms in total. The second-order valence-electron chi connectivity index (χ2n) is 10.7. The van der Waals surface area contributed by atoms with Gasteiger partial charge in [0.1, 0.15) is 11.6 Å². The van der Waals surface area contributed by atoms with Crippen molar-refractivity contribution < 1.29 is 13.6 Å². The lowest BCUT2D eigenvalue weighted by molar-refractivity contribution is -0.113. The number of carbonyl (C=O) groups excluding carboxylic acids is 1. The smallest absolute Gasteiger partial charge is 0.187 e. The average molecular weight is 611 g/mol. The SMILES string of the molecule is O=C1/C(=C/c2ccc(F)cc2)CN(Cc2cn(CCCNc3ccnc4cc(Cl)ccc34)nn2)C/C1=C\c1ccc(F)cc1. The number of aryl methyl sites for hydroxylation is 1. The Labute approximate surface area is 258 Å². The van der Waals surface area contributed by atoms with E-state index in [0.29, 0.717) is 42.3 Å². The van der Waals surface area contributed by atoms with Gasteiger partial charge in [-0.3, -0.25) is 19.4 Å². The van der Waals surface area contributed by atoms with E-state index in [1.807, 2.05) is 35.1 Å². The first-order valence-corrected chi connectivity index (χ1v) is 14.6. The Morgan fingerprint density at radius 1 is 0.886 bits per heavy atom. The Hall–Kier alpha value is -4.73. The molecule has 0 saturated carbocycles. The van der Waals surface area contributed by atoms with E-state index in [9.17, 15) is 13.6 Å². The first kappa shape index (κ1) is 29.3. The molecule has 10 heteroatoms. The number of hydrogen-bond donors (Lipinski definition) is 1. The maximum Gasteiger partial charge on any atom is 0.187 e. The molecule has 222 valence electrons. The fraction of sp³-hybridized carbons (Fsp3) is 0.176. The van der Waals surface area contributed by atoms with Crippen LogP contribution in [0.25, 0.3) is 23.1 Å². The fourth-order valence-electron chi connectivity index (χ4n) is 5.23. The Balaban J connectivity index is 1.12. The average Bonchev–Trinajstić information content (AvgIpc) is 3.46. The summed E-state index contributed by atoms with van der Waals surface area (Å²) in [5.74, 6) is -0.761. The third-order valence-electron chi connectivity index (χ3n) is 7.35. The Kier molecular flexibility index (Phi) is 8.86.